The van der Waals surface area contributed by atoms with Gasteiger partial charge in [-0.3, -0.25) is 19.5 Å². The van der Waals surface area contributed by atoms with Gasteiger partial charge in [-0.1, -0.05) is 55.7 Å². The third-order valence-electron chi connectivity index (χ3n) is 6.40. The molecule has 7 nitrogen and oxygen atoms in total. The summed E-state index contributed by atoms with van der Waals surface area (Å²) in [5.74, 6) is -0.808. The number of nitrogens with two attached hydrogens (primary N) is 1. The number of nitrogens with one attached hydrogen (secondary N) is 1. The first-order valence-corrected chi connectivity index (χ1v) is 11.3. The fourth-order valence-electron chi connectivity index (χ4n) is 4.58. The van der Waals surface area contributed by atoms with Gasteiger partial charge >= 0.3 is 0 Å². The second kappa shape index (κ2) is 9.96. The number of amides is 2. The minimum Gasteiger partial charge on any atom is -0.368 e. The first kappa shape index (κ1) is 22.0. The molecule has 1 atom stereocenters. The quantitative estimate of drug-likeness (QED) is 0.699. The van der Waals surface area contributed by atoms with Gasteiger partial charge in [0.1, 0.15) is 11.8 Å². The van der Waals surface area contributed by atoms with E-state index in [4.69, 9.17) is 5.73 Å². The van der Waals surface area contributed by atoms with E-state index in [9.17, 15) is 9.59 Å². The molecule has 0 spiro atoms. The van der Waals surface area contributed by atoms with Gasteiger partial charge in [0.05, 0.1) is 5.69 Å². The molecule has 0 bridgehead atoms. The van der Waals surface area contributed by atoms with Crippen LogP contribution in [0, 0.1) is 0 Å². The van der Waals surface area contributed by atoms with Crippen LogP contribution in [0.1, 0.15) is 44.1 Å². The van der Waals surface area contributed by atoms with E-state index in [1.165, 1.54) is 32.1 Å². The lowest BCUT2D eigenvalue weighted by atomic mass is 9.94. The molecule has 1 fully saturated rings. The Morgan fingerprint density at radius 1 is 1.06 bits per heavy atom. The minimum absolute atomic E-state index is 0.181. The van der Waals surface area contributed by atoms with Gasteiger partial charge in [-0.2, -0.15) is 5.10 Å². The van der Waals surface area contributed by atoms with Crippen molar-refractivity contribution >= 4 is 28.9 Å². The molecule has 3 N–H and O–H groups in total. The fourth-order valence-corrected chi connectivity index (χ4v) is 4.58. The van der Waals surface area contributed by atoms with Crippen molar-refractivity contribution in [1.29, 1.82) is 0 Å². The lowest BCUT2D eigenvalue weighted by molar-refractivity contribution is -0.119. The van der Waals surface area contributed by atoms with Crippen LogP contribution < -0.4 is 16.1 Å². The highest BCUT2D eigenvalue weighted by Gasteiger charge is 2.35. The van der Waals surface area contributed by atoms with Crippen LogP contribution in [0.5, 0.6) is 0 Å². The van der Waals surface area contributed by atoms with Gasteiger partial charge < -0.3 is 11.1 Å². The largest absolute Gasteiger partial charge is 0.368 e. The molecule has 1 aliphatic heterocycles. The summed E-state index contributed by atoms with van der Waals surface area (Å²) >= 11 is 0. The van der Waals surface area contributed by atoms with Crippen molar-refractivity contribution in [2.45, 2.75) is 57.2 Å². The molecular formula is C25H31N5O2. The number of hydrogen-bond acceptors (Lipinski definition) is 5. The Labute approximate surface area is 189 Å². The van der Waals surface area contributed by atoms with Crippen LogP contribution in [0.15, 0.2) is 59.7 Å². The zero-order valence-corrected chi connectivity index (χ0v) is 18.5. The highest BCUT2D eigenvalue weighted by atomic mass is 16.2. The SMILES string of the molecule is CN(Cc1ccccc1NC(=O)C1=NN(c2ccccc2)C(C(N)=O)C1)C1CCCCC1. The minimum atomic E-state index is -0.675. The van der Waals surface area contributed by atoms with Gasteiger partial charge in [-0.25, -0.2) is 0 Å². The van der Waals surface area contributed by atoms with E-state index in [1.54, 1.807) is 5.01 Å². The summed E-state index contributed by atoms with van der Waals surface area (Å²) in [7, 11) is 2.16. The third-order valence-corrected chi connectivity index (χ3v) is 6.40. The molecule has 1 heterocycles. The van der Waals surface area contributed by atoms with Crippen molar-refractivity contribution in [3.8, 4) is 0 Å². The van der Waals surface area contributed by atoms with Crippen molar-refractivity contribution < 1.29 is 9.59 Å². The second-order valence-corrected chi connectivity index (χ2v) is 8.67. The number of carbonyl (C=O) groups excluding carboxylic acids is 2. The Morgan fingerprint density at radius 3 is 2.47 bits per heavy atom. The molecule has 2 aromatic rings. The number of hydrogen-bond donors (Lipinski definition) is 2. The van der Waals surface area contributed by atoms with Crippen molar-refractivity contribution in [3.05, 3.63) is 60.2 Å². The Balaban J connectivity index is 1.48. The first-order chi connectivity index (χ1) is 15.5. The average Bonchev–Trinajstić information content (AvgIpc) is 3.28. The van der Waals surface area contributed by atoms with E-state index in [1.807, 2.05) is 54.6 Å². The molecule has 0 saturated heterocycles. The van der Waals surface area contributed by atoms with Crippen molar-refractivity contribution in [2.75, 3.05) is 17.4 Å². The molecule has 1 saturated carbocycles. The maximum Gasteiger partial charge on any atom is 0.271 e. The van der Waals surface area contributed by atoms with Gasteiger partial charge in [0.15, 0.2) is 0 Å². The molecule has 2 aliphatic rings. The highest BCUT2D eigenvalue weighted by Crippen LogP contribution is 2.27. The van der Waals surface area contributed by atoms with Crippen LogP contribution in [0.3, 0.4) is 0 Å². The molecule has 7 heteroatoms. The number of rotatable bonds is 7. The van der Waals surface area contributed by atoms with Crippen molar-refractivity contribution in [2.24, 2.45) is 10.8 Å². The molecule has 2 amide bonds. The standard InChI is InChI=1S/C25H31N5O2/c1-29(19-11-4-2-5-12-19)17-18-10-8-9-15-21(18)27-25(32)22-16-23(24(26)31)30(28-22)20-13-6-3-7-14-20/h3,6-10,13-15,19,23H,2,4-5,11-12,16-17H2,1H3,(H2,26,31)(H,27,32). The molecule has 168 valence electrons. The predicted octanol–water partition coefficient (Wildman–Crippen LogP) is 3.51. The van der Waals surface area contributed by atoms with Gasteiger partial charge in [-0.15, -0.1) is 0 Å². The molecule has 1 aliphatic carbocycles. The number of hydrazone groups is 1. The van der Waals surface area contributed by atoms with Crippen LogP contribution in [-0.4, -0.2) is 41.6 Å². The summed E-state index contributed by atoms with van der Waals surface area (Å²) < 4.78 is 0. The van der Waals surface area contributed by atoms with Crippen LogP contribution >= 0.6 is 0 Å². The van der Waals surface area contributed by atoms with E-state index in [0.29, 0.717) is 11.8 Å². The Hall–Kier alpha value is -3.19. The average molecular weight is 434 g/mol. The van der Waals surface area contributed by atoms with Gasteiger partial charge in [0.2, 0.25) is 5.91 Å². The Bertz CT molecular complexity index is 985. The monoisotopic (exact) mass is 433 g/mol. The van der Waals surface area contributed by atoms with Crippen molar-refractivity contribution in [3.63, 3.8) is 0 Å². The predicted molar refractivity (Wildman–Crippen MR) is 127 cm³/mol. The van der Waals surface area contributed by atoms with Gasteiger partial charge in [0.25, 0.3) is 5.91 Å². The van der Waals surface area contributed by atoms with E-state index in [0.717, 1.165) is 23.5 Å². The van der Waals surface area contributed by atoms with Crippen LogP contribution in [0.4, 0.5) is 11.4 Å². The molecule has 0 aromatic heterocycles. The zero-order chi connectivity index (χ0) is 22.5. The summed E-state index contributed by atoms with van der Waals surface area (Å²) in [6.45, 7) is 0.771. The topological polar surface area (TPSA) is 91.0 Å². The number of primary amides is 1. The molecule has 2 aromatic carbocycles. The number of nitrogens with zero attached hydrogens (tertiary/aromatic N) is 3. The fraction of sp³-hybridized carbons (Fsp3) is 0.400. The van der Waals surface area contributed by atoms with Crippen LogP contribution in [-0.2, 0) is 16.1 Å². The van der Waals surface area contributed by atoms with E-state index in [-0.39, 0.29) is 12.3 Å². The maximum atomic E-state index is 13.1. The number of benzene rings is 2. The number of carbonyl (C=O) groups is 2. The smallest absolute Gasteiger partial charge is 0.271 e. The number of para-hydroxylation sites is 2. The van der Waals surface area contributed by atoms with E-state index >= 15 is 0 Å². The lowest BCUT2D eigenvalue weighted by Gasteiger charge is -2.31. The van der Waals surface area contributed by atoms with Gasteiger partial charge in [-0.05, 0) is 43.7 Å². The van der Waals surface area contributed by atoms with E-state index in [2.05, 4.69) is 22.4 Å². The molecule has 1 unspecified atom stereocenters. The summed E-state index contributed by atoms with van der Waals surface area (Å²) in [4.78, 5) is 27.5. The summed E-state index contributed by atoms with van der Waals surface area (Å²) in [5, 5.41) is 9.01. The van der Waals surface area contributed by atoms with Crippen LogP contribution in [0.2, 0.25) is 0 Å². The van der Waals surface area contributed by atoms with Gasteiger partial charge in [0, 0.05) is 24.7 Å². The second-order valence-electron chi connectivity index (χ2n) is 8.67. The molecule has 32 heavy (non-hydrogen) atoms. The van der Waals surface area contributed by atoms with Crippen molar-refractivity contribution in [1.82, 2.24) is 4.90 Å². The zero-order valence-electron chi connectivity index (χ0n) is 18.5. The first-order valence-electron chi connectivity index (χ1n) is 11.3. The summed E-state index contributed by atoms with van der Waals surface area (Å²) in [6.07, 6.45) is 6.53. The molecule has 4 rings (SSSR count). The highest BCUT2D eigenvalue weighted by molar-refractivity contribution is 6.44. The van der Waals surface area contributed by atoms with E-state index < -0.39 is 11.9 Å². The molecule has 0 radical (unpaired) electrons. The normalized spacial score (nSPS) is 19.1. The maximum absolute atomic E-state index is 13.1. The summed E-state index contributed by atoms with van der Waals surface area (Å²) in [5.41, 5.74) is 8.47. The van der Waals surface area contributed by atoms with Crippen LogP contribution in [0.25, 0.3) is 0 Å². The number of anilines is 2. The summed E-state index contributed by atoms with van der Waals surface area (Å²) in [6, 6.07) is 17.1. The molecular weight excluding hydrogens is 402 g/mol. The lowest BCUT2D eigenvalue weighted by Crippen LogP contribution is -2.39. The Morgan fingerprint density at radius 2 is 1.75 bits per heavy atom. The third kappa shape index (κ3) is 4.99. The Kier molecular flexibility index (Phi) is 6.85.